The first-order valence-corrected chi connectivity index (χ1v) is 4.68. The van der Waals surface area contributed by atoms with Crippen LogP contribution in [0.2, 0.25) is 0 Å². The molecule has 0 saturated heterocycles. The molecular formula is C10H13FN2O3. The number of hydrogen-bond acceptors (Lipinski definition) is 4. The smallest absolute Gasteiger partial charge is 0.305 e. The summed E-state index contributed by atoms with van der Waals surface area (Å²) >= 11 is 0. The third-order valence-corrected chi connectivity index (χ3v) is 2.09. The molecule has 0 amide bonds. The second kappa shape index (κ2) is 5.00. The maximum atomic E-state index is 13.0. The summed E-state index contributed by atoms with van der Waals surface area (Å²) in [5.41, 5.74) is -0.280. The minimum absolute atomic E-state index is 0.322. The van der Waals surface area contributed by atoms with Crippen LogP contribution < -0.4 is 0 Å². The first-order chi connectivity index (χ1) is 7.41. The van der Waals surface area contributed by atoms with Gasteiger partial charge in [0.25, 0.3) is 0 Å². The van der Waals surface area contributed by atoms with Crippen molar-refractivity contribution in [3.05, 3.63) is 39.7 Å². The van der Waals surface area contributed by atoms with Crippen molar-refractivity contribution >= 4 is 5.69 Å². The number of halogens is 1. The van der Waals surface area contributed by atoms with Crippen molar-refractivity contribution in [2.24, 2.45) is 0 Å². The largest absolute Gasteiger partial charge is 0.387 e. The SMILES string of the molecule is CN(C)CC(O)c1ccc(F)c([N+](=O)[O-])c1. The third-order valence-electron chi connectivity index (χ3n) is 2.09. The number of hydrogen-bond donors (Lipinski definition) is 1. The van der Waals surface area contributed by atoms with E-state index < -0.39 is 22.5 Å². The summed E-state index contributed by atoms with van der Waals surface area (Å²) in [5.74, 6) is -0.897. The molecule has 5 nitrogen and oxygen atoms in total. The molecule has 0 aliphatic carbocycles. The van der Waals surface area contributed by atoms with Gasteiger partial charge in [0, 0.05) is 12.6 Å². The van der Waals surface area contributed by atoms with Crippen LogP contribution in [0, 0.1) is 15.9 Å². The second-order valence-corrected chi connectivity index (χ2v) is 3.75. The van der Waals surface area contributed by atoms with Crippen molar-refractivity contribution in [1.82, 2.24) is 4.90 Å². The Balaban J connectivity index is 2.98. The molecule has 16 heavy (non-hydrogen) atoms. The highest BCUT2D eigenvalue weighted by Crippen LogP contribution is 2.22. The maximum Gasteiger partial charge on any atom is 0.305 e. The molecule has 0 bridgehead atoms. The topological polar surface area (TPSA) is 66.6 Å². The molecule has 1 rings (SSSR count). The Hall–Kier alpha value is -1.53. The van der Waals surface area contributed by atoms with Crippen molar-refractivity contribution < 1.29 is 14.4 Å². The molecule has 0 radical (unpaired) electrons. The maximum absolute atomic E-state index is 13.0. The Bertz CT molecular complexity index is 396. The predicted octanol–water partition coefficient (Wildman–Crippen LogP) is 1.33. The van der Waals surface area contributed by atoms with Gasteiger partial charge < -0.3 is 10.0 Å². The highest BCUT2D eigenvalue weighted by atomic mass is 19.1. The molecule has 0 aromatic heterocycles. The van der Waals surface area contributed by atoms with Gasteiger partial charge in [-0.1, -0.05) is 6.07 Å². The summed E-state index contributed by atoms with van der Waals surface area (Å²) in [7, 11) is 3.53. The molecule has 1 aromatic rings. The van der Waals surface area contributed by atoms with Crippen LogP contribution in [0.25, 0.3) is 0 Å². The van der Waals surface area contributed by atoms with Crippen LogP contribution in [0.1, 0.15) is 11.7 Å². The van der Waals surface area contributed by atoms with Gasteiger partial charge in [0.05, 0.1) is 11.0 Å². The predicted molar refractivity (Wildman–Crippen MR) is 56.6 cm³/mol. The van der Waals surface area contributed by atoms with E-state index in [1.54, 1.807) is 19.0 Å². The molecule has 0 saturated carbocycles. The summed E-state index contributed by atoms with van der Waals surface area (Å²) in [5, 5.41) is 20.2. The van der Waals surface area contributed by atoms with Crippen LogP contribution >= 0.6 is 0 Å². The third kappa shape index (κ3) is 2.98. The first-order valence-electron chi connectivity index (χ1n) is 4.68. The number of aliphatic hydroxyl groups is 1. The fourth-order valence-electron chi connectivity index (χ4n) is 1.33. The number of benzene rings is 1. The zero-order valence-corrected chi connectivity index (χ0v) is 9.05. The van der Waals surface area contributed by atoms with Gasteiger partial charge in [-0.2, -0.15) is 4.39 Å². The molecule has 0 aliphatic heterocycles. The van der Waals surface area contributed by atoms with E-state index in [-0.39, 0.29) is 0 Å². The fourth-order valence-corrected chi connectivity index (χ4v) is 1.33. The van der Waals surface area contributed by atoms with Crippen LogP contribution in [-0.2, 0) is 0 Å². The molecule has 6 heteroatoms. The molecule has 0 aliphatic rings. The summed E-state index contributed by atoms with van der Waals surface area (Å²) in [4.78, 5) is 11.4. The number of nitro groups is 1. The van der Waals surface area contributed by atoms with Crippen molar-refractivity contribution in [2.45, 2.75) is 6.10 Å². The van der Waals surface area contributed by atoms with Gasteiger partial charge in [-0.15, -0.1) is 0 Å². The fraction of sp³-hybridized carbons (Fsp3) is 0.400. The van der Waals surface area contributed by atoms with E-state index in [1.807, 2.05) is 0 Å². The van der Waals surface area contributed by atoms with E-state index in [9.17, 15) is 19.6 Å². The van der Waals surface area contributed by atoms with Crippen molar-refractivity contribution in [3.63, 3.8) is 0 Å². The molecule has 88 valence electrons. The Morgan fingerprint density at radius 3 is 2.69 bits per heavy atom. The summed E-state index contributed by atoms with van der Waals surface area (Å²) in [6, 6.07) is 3.40. The molecular weight excluding hydrogens is 215 g/mol. The van der Waals surface area contributed by atoms with Crippen LogP contribution in [0.15, 0.2) is 18.2 Å². The average Bonchev–Trinajstić information content (AvgIpc) is 2.16. The molecule has 1 N–H and O–H groups in total. The molecule has 0 heterocycles. The summed E-state index contributed by atoms with van der Waals surface area (Å²) in [6.45, 7) is 0.322. The lowest BCUT2D eigenvalue weighted by Crippen LogP contribution is -2.20. The zero-order chi connectivity index (χ0) is 12.3. The van der Waals surface area contributed by atoms with Gasteiger partial charge >= 0.3 is 5.69 Å². The van der Waals surface area contributed by atoms with Crippen LogP contribution in [0.4, 0.5) is 10.1 Å². The van der Waals surface area contributed by atoms with Gasteiger partial charge in [0.15, 0.2) is 0 Å². The lowest BCUT2D eigenvalue weighted by atomic mass is 10.1. The quantitative estimate of drug-likeness (QED) is 0.623. The number of nitro benzene ring substituents is 1. The zero-order valence-electron chi connectivity index (χ0n) is 9.05. The van der Waals surface area contributed by atoms with E-state index in [2.05, 4.69) is 0 Å². The van der Waals surface area contributed by atoms with E-state index in [0.717, 1.165) is 12.1 Å². The summed E-state index contributed by atoms with van der Waals surface area (Å²) < 4.78 is 13.0. The van der Waals surface area contributed by atoms with Gasteiger partial charge in [-0.25, -0.2) is 0 Å². The lowest BCUT2D eigenvalue weighted by Gasteiger charge is -2.15. The number of rotatable bonds is 4. The van der Waals surface area contributed by atoms with Gasteiger partial charge in [0.1, 0.15) is 0 Å². The molecule has 0 fully saturated rings. The Labute approximate surface area is 92.3 Å². The van der Waals surface area contributed by atoms with E-state index >= 15 is 0 Å². The molecule has 1 aromatic carbocycles. The van der Waals surface area contributed by atoms with Gasteiger partial charge in [-0.05, 0) is 25.7 Å². The van der Waals surface area contributed by atoms with Crippen LogP contribution in [0.3, 0.4) is 0 Å². The Morgan fingerprint density at radius 2 is 2.19 bits per heavy atom. The molecule has 1 unspecified atom stereocenters. The molecule has 1 atom stereocenters. The van der Waals surface area contributed by atoms with Gasteiger partial charge in [-0.3, -0.25) is 10.1 Å². The summed E-state index contributed by atoms with van der Waals surface area (Å²) in [6.07, 6.45) is -0.866. The van der Waals surface area contributed by atoms with Crippen molar-refractivity contribution in [2.75, 3.05) is 20.6 Å². The normalized spacial score (nSPS) is 12.8. The average molecular weight is 228 g/mol. The van der Waals surface area contributed by atoms with E-state index in [0.29, 0.717) is 12.1 Å². The highest BCUT2D eigenvalue weighted by Gasteiger charge is 2.17. The number of aliphatic hydroxyl groups excluding tert-OH is 1. The Kier molecular flexibility index (Phi) is 3.92. The van der Waals surface area contributed by atoms with Crippen molar-refractivity contribution in [3.8, 4) is 0 Å². The first kappa shape index (κ1) is 12.5. The minimum Gasteiger partial charge on any atom is -0.387 e. The van der Waals surface area contributed by atoms with E-state index in [1.165, 1.54) is 6.07 Å². The lowest BCUT2D eigenvalue weighted by molar-refractivity contribution is -0.387. The van der Waals surface area contributed by atoms with E-state index in [4.69, 9.17) is 0 Å². The monoisotopic (exact) mass is 228 g/mol. The second-order valence-electron chi connectivity index (χ2n) is 3.75. The number of nitrogens with zero attached hydrogens (tertiary/aromatic N) is 2. The number of likely N-dealkylation sites (N-methyl/N-ethyl adjacent to an activating group) is 1. The van der Waals surface area contributed by atoms with Crippen LogP contribution in [-0.4, -0.2) is 35.6 Å². The standard InChI is InChI=1S/C10H13FN2O3/c1-12(2)6-10(14)7-3-4-8(11)9(5-7)13(15)16/h3-5,10,14H,6H2,1-2H3. The van der Waals surface area contributed by atoms with Gasteiger partial charge in [0.2, 0.25) is 5.82 Å². The molecule has 0 spiro atoms. The Morgan fingerprint density at radius 1 is 1.56 bits per heavy atom. The minimum atomic E-state index is -0.897. The highest BCUT2D eigenvalue weighted by molar-refractivity contribution is 5.37. The van der Waals surface area contributed by atoms with Crippen LogP contribution in [0.5, 0.6) is 0 Å². The van der Waals surface area contributed by atoms with Crippen molar-refractivity contribution in [1.29, 1.82) is 0 Å².